The van der Waals surface area contributed by atoms with Gasteiger partial charge in [0.25, 0.3) is 0 Å². The highest BCUT2D eigenvalue weighted by Gasteiger charge is 2.12. The van der Waals surface area contributed by atoms with Crippen LogP contribution in [-0.2, 0) is 6.54 Å². The number of benzene rings is 2. The van der Waals surface area contributed by atoms with Gasteiger partial charge in [-0.15, -0.1) is 0 Å². The fourth-order valence-corrected chi connectivity index (χ4v) is 2.94. The second-order valence-electron chi connectivity index (χ2n) is 6.54. The Morgan fingerprint density at radius 3 is 2.72 bits per heavy atom. The second kappa shape index (κ2) is 9.14. The van der Waals surface area contributed by atoms with Gasteiger partial charge in [-0.1, -0.05) is 18.2 Å². The summed E-state index contributed by atoms with van der Waals surface area (Å²) in [6.07, 6.45) is 2.52. The van der Waals surface area contributed by atoms with Crippen molar-refractivity contribution in [2.45, 2.75) is 19.9 Å². The summed E-state index contributed by atoms with van der Waals surface area (Å²) in [5.74, 6) is 2.77. The molecule has 0 atom stereocenters. The minimum Gasteiger partial charge on any atom is -0.490 e. The first kappa shape index (κ1) is 18.9. The molecule has 0 saturated heterocycles. The molecule has 1 aromatic heterocycles. The Hall–Kier alpha value is -3.48. The van der Waals surface area contributed by atoms with E-state index in [-0.39, 0.29) is 0 Å². The molecule has 0 bridgehead atoms. The number of oxazole rings is 1. The molecule has 0 saturated carbocycles. The number of fused-ring (bicyclic) bond motifs is 1. The largest absolute Gasteiger partial charge is 0.490 e. The molecule has 0 radical (unpaired) electrons. The Morgan fingerprint density at radius 1 is 1.07 bits per heavy atom. The molecule has 150 valence electrons. The van der Waals surface area contributed by atoms with Gasteiger partial charge in [0.05, 0.1) is 19.8 Å². The van der Waals surface area contributed by atoms with Crippen molar-refractivity contribution in [3.8, 4) is 23.0 Å². The molecule has 2 N–H and O–H groups in total. The number of aromatic nitrogens is 1. The van der Waals surface area contributed by atoms with Crippen molar-refractivity contribution < 1.29 is 13.9 Å². The van der Waals surface area contributed by atoms with E-state index < -0.39 is 0 Å². The lowest BCUT2D eigenvalue weighted by Gasteiger charge is -2.13. The van der Waals surface area contributed by atoms with Crippen LogP contribution in [0.25, 0.3) is 11.5 Å². The number of ether oxygens (including phenoxy) is 2. The van der Waals surface area contributed by atoms with Crippen molar-refractivity contribution in [3.63, 3.8) is 0 Å². The van der Waals surface area contributed by atoms with Crippen LogP contribution in [0.1, 0.15) is 19.0 Å². The molecular weight excluding hydrogens is 368 g/mol. The van der Waals surface area contributed by atoms with Crippen LogP contribution in [0, 0.1) is 0 Å². The molecule has 1 aliphatic rings. The van der Waals surface area contributed by atoms with Gasteiger partial charge in [-0.3, -0.25) is 0 Å². The predicted molar refractivity (Wildman–Crippen MR) is 112 cm³/mol. The normalized spacial score (nSPS) is 13.6. The third-order valence-corrected chi connectivity index (χ3v) is 4.33. The molecule has 1 aliphatic heterocycles. The lowest BCUT2D eigenvalue weighted by atomic mass is 10.2. The first-order valence-electron chi connectivity index (χ1n) is 9.76. The van der Waals surface area contributed by atoms with E-state index in [1.54, 1.807) is 6.26 Å². The van der Waals surface area contributed by atoms with Gasteiger partial charge in [0, 0.05) is 30.3 Å². The number of hydrogen-bond donors (Lipinski definition) is 2. The van der Waals surface area contributed by atoms with Crippen molar-refractivity contribution in [2.24, 2.45) is 4.99 Å². The van der Waals surface area contributed by atoms with Crippen LogP contribution in [0.4, 0.5) is 5.69 Å². The maximum Gasteiger partial charge on any atom is 0.226 e. The van der Waals surface area contributed by atoms with Gasteiger partial charge in [-0.2, -0.15) is 0 Å². The van der Waals surface area contributed by atoms with E-state index >= 15 is 0 Å². The zero-order valence-electron chi connectivity index (χ0n) is 16.4. The number of nitrogens with one attached hydrogen (secondary N) is 2. The fourth-order valence-electron chi connectivity index (χ4n) is 2.94. The maximum absolute atomic E-state index is 5.76. The summed E-state index contributed by atoms with van der Waals surface area (Å²) < 4.78 is 17.0. The van der Waals surface area contributed by atoms with Gasteiger partial charge in [-0.05, 0) is 31.2 Å². The Labute approximate surface area is 169 Å². The van der Waals surface area contributed by atoms with Crippen molar-refractivity contribution in [2.75, 3.05) is 25.1 Å². The summed E-state index contributed by atoms with van der Waals surface area (Å²) in [7, 11) is 0. The number of rotatable bonds is 5. The minimum absolute atomic E-state index is 0.399. The maximum atomic E-state index is 5.76. The monoisotopic (exact) mass is 392 g/mol. The van der Waals surface area contributed by atoms with Crippen molar-refractivity contribution in [3.05, 3.63) is 60.5 Å². The highest BCUT2D eigenvalue weighted by molar-refractivity contribution is 5.93. The van der Waals surface area contributed by atoms with Crippen LogP contribution in [0.2, 0.25) is 0 Å². The van der Waals surface area contributed by atoms with Gasteiger partial charge in [-0.25, -0.2) is 9.98 Å². The Bertz CT molecular complexity index is 969. The number of guanidine groups is 1. The van der Waals surface area contributed by atoms with Gasteiger partial charge in [0.1, 0.15) is 12.0 Å². The third-order valence-electron chi connectivity index (χ3n) is 4.33. The number of hydrogen-bond acceptors (Lipinski definition) is 5. The first-order valence-corrected chi connectivity index (χ1v) is 9.76. The molecule has 4 rings (SSSR count). The summed E-state index contributed by atoms with van der Waals surface area (Å²) >= 11 is 0. The van der Waals surface area contributed by atoms with Crippen LogP contribution in [0.5, 0.6) is 11.5 Å². The second-order valence-corrected chi connectivity index (χ2v) is 6.54. The van der Waals surface area contributed by atoms with E-state index in [1.807, 2.05) is 55.5 Å². The summed E-state index contributed by atoms with van der Waals surface area (Å²) in [5.41, 5.74) is 2.58. The molecule has 0 unspecified atom stereocenters. The Balaban J connectivity index is 1.46. The van der Waals surface area contributed by atoms with Crippen LogP contribution in [0.3, 0.4) is 0 Å². The topological polar surface area (TPSA) is 80.9 Å². The summed E-state index contributed by atoms with van der Waals surface area (Å²) in [4.78, 5) is 9.14. The van der Waals surface area contributed by atoms with E-state index in [0.29, 0.717) is 31.6 Å². The third kappa shape index (κ3) is 4.87. The van der Waals surface area contributed by atoms with Crippen molar-refractivity contribution in [1.82, 2.24) is 10.3 Å². The highest BCUT2D eigenvalue weighted by Crippen LogP contribution is 2.32. The molecule has 0 aliphatic carbocycles. The number of nitrogens with zero attached hydrogens (tertiary/aromatic N) is 2. The van der Waals surface area contributed by atoms with Crippen LogP contribution >= 0.6 is 0 Å². The average molecular weight is 392 g/mol. The first-order chi connectivity index (χ1) is 14.3. The molecule has 0 fully saturated rings. The Morgan fingerprint density at radius 2 is 1.90 bits per heavy atom. The summed E-state index contributed by atoms with van der Waals surface area (Å²) in [6, 6.07) is 15.6. The Kier molecular flexibility index (Phi) is 5.95. The standard InChI is InChI=1S/C22H24N4O3/c1-2-23-22(26-17-9-10-19-20(13-17)28-12-6-11-27-19)24-14-18-15-29-21(25-18)16-7-4-3-5-8-16/h3-5,7-10,13,15H,2,6,11-12,14H2,1H3,(H2,23,24,26). The van der Waals surface area contributed by atoms with Crippen LogP contribution in [-0.4, -0.2) is 30.7 Å². The van der Waals surface area contributed by atoms with Crippen LogP contribution in [0.15, 0.2) is 64.2 Å². The molecule has 29 heavy (non-hydrogen) atoms. The number of aliphatic imine (C=N–C) groups is 1. The van der Waals surface area contributed by atoms with Crippen molar-refractivity contribution >= 4 is 11.6 Å². The minimum atomic E-state index is 0.399. The number of anilines is 1. The molecule has 7 heteroatoms. The van der Waals surface area contributed by atoms with Gasteiger partial charge in [0.15, 0.2) is 17.5 Å². The van der Waals surface area contributed by atoms with E-state index in [1.165, 1.54) is 0 Å². The van der Waals surface area contributed by atoms with Gasteiger partial charge >= 0.3 is 0 Å². The summed E-state index contributed by atoms with van der Waals surface area (Å²) in [5, 5.41) is 6.54. The van der Waals surface area contributed by atoms with Crippen molar-refractivity contribution in [1.29, 1.82) is 0 Å². The smallest absolute Gasteiger partial charge is 0.226 e. The SMILES string of the molecule is CCNC(=NCc1coc(-c2ccccc2)n1)Nc1ccc2c(c1)OCCCO2. The molecule has 7 nitrogen and oxygen atoms in total. The molecule has 0 spiro atoms. The van der Waals surface area contributed by atoms with Crippen LogP contribution < -0.4 is 20.1 Å². The average Bonchev–Trinajstić information content (AvgIpc) is 3.11. The van der Waals surface area contributed by atoms with Gasteiger partial charge in [0.2, 0.25) is 5.89 Å². The molecular formula is C22H24N4O3. The fraction of sp³-hybridized carbons (Fsp3) is 0.273. The van der Waals surface area contributed by atoms with Gasteiger partial charge < -0.3 is 24.5 Å². The quantitative estimate of drug-likeness (QED) is 0.503. The van der Waals surface area contributed by atoms with E-state index in [2.05, 4.69) is 20.6 Å². The molecule has 2 heterocycles. The molecule has 0 amide bonds. The molecule has 3 aromatic rings. The van der Waals surface area contributed by atoms with E-state index in [4.69, 9.17) is 13.9 Å². The lowest BCUT2D eigenvalue weighted by Crippen LogP contribution is -2.30. The van der Waals surface area contributed by atoms with E-state index in [9.17, 15) is 0 Å². The zero-order chi connectivity index (χ0) is 19.9. The zero-order valence-corrected chi connectivity index (χ0v) is 16.4. The molecule has 2 aromatic carbocycles. The highest BCUT2D eigenvalue weighted by atomic mass is 16.5. The van der Waals surface area contributed by atoms with E-state index in [0.717, 1.165) is 41.4 Å². The predicted octanol–water partition coefficient (Wildman–Crippen LogP) is 4.08. The summed E-state index contributed by atoms with van der Waals surface area (Å²) in [6.45, 7) is 4.49. The lowest BCUT2D eigenvalue weighted by molar-refractivity contribution is 0.297.